The maximum Gasteiger partial charge on any atom is 0.191 e. The van der Waals surface area contributed by atoms with Crippen molar-refractivity contribution < 1.29 is 14.2 Å². The lowest BCUT2D eigenvalue weighted by Crippen LogP contribution is -2.37. The third kappa shape index (κ3) is 7.44. The maximum atomic E-state index is 5.75. The van der Waals surface area contributed by atoms with Crippen molar-refractivity contribution in [1.29, 1.82) is 0 Å². The fraction of sp³-hybridized carbons (Fsp3) is 0.526. The molecular weight excluding hydrogens is 487 g/mol. The van der Waals surface area contributed by atoms with Crippen molar-refractivity contribution >= 4 is 29.9 Å². The summed E-state index contributed by atoms with van der Waals surface area (Å²) in [5.74, 6) is 2.90. The van der Waals surface area contributed by atoms with Gasteiger partial charge in [0.25, 0.3) is 0 Å². The second kappa shape index (κ2) is 12.6. The largest absolute Gasteiger partial charge is 0.497 e. The molecule has 1 unspecified atom stereocenters. The maximum absolute atomic E-state index is 5.75. The van der Waals surface area contributed by atoms with Crippen molar-refractivity contribution in [1.82, 2.24) is 25.8 Å². The molecule has 1 aromatic carbocycles. The van der Waals surface area contributed by atoms with Gasteiger partial charge in [0.2, 0.25) is 0 Å². The van der Waals surface area contributed by atoms with Crippen LogP contribution in [0.5, 0.6) is 5.75 Å². The van der Waals surface area contributed by atoms with Gasteiger partial charge in [0.1, 0.15) is 11.6 Å². The van der Waals surface area contributed by atoms with Crippen LogP contribution in [0.3, 0.4) is 0 Å². The molecule has 1 aromatic heterocycles. The van der Waals surface area contributed by atoms with Gasteiger partial charge in [0.05, 0.1) is 26.4 Å². The van der Waals surface area contributed by atoms with Crippen LogP contribution in [-0.2, 0) is 16.0 Å². The fourth-order valence-corrected chi connectivity index (χ4v) is 2.80. The van der Waals surface area contributed by atoms with Crippen LogP contribution in [0, 0.1) is 0 Å². The predicted octanol–water partition coefficient (Wildman–Crippen LogP) is 1.96. The summed E-state index contributed by atoms with van der Waals surface area (Å²) in [5, 5.41) is 13.7. The fourth-order valence-electron chi connectivity index (χ4n) is 2.80. The number of halogens is 1. The van der Waals surface area contributed by atoms with Crippen LogP contribution in [0.2, 0.25) is 0 Å². The normalized spacial score (nSPS) is 16.3. The Labute approximate surface area is 188 Å². The van der Waals surface area contributed by atoms with E-state index in [1.54, 1.807) is 14.2 Å². The first-order chi connectivity index (χ1) is 13.8. The molecule has 1 saturated heterocycles. The average molecular weight is 516 g/mol. The smallest absolute Gasteiger partial charge is 0.191 e. The minimum absolute atomic E-state index is 0. The molecule has 3 rings (SSSR count). The summed E-state index contributed by atoms with van der Waals surface area (Å²) in [7, 11) is 3.38. The molecule has 0 amide bonds. The molecule has 3 N–H and O–H groups in total. The summed E-state index contributed by atoms with van der Waals surface area (Å²) in [6.07, 6.45) is 2.15. The molecule has 0 saturated carbocycles. The number of aromatic nitrogens is 3. The van der Waals surface area contributed by atoms with Gasteiger partial charge in [-0.3, -0.25) is 10.1 Å². The monoisotopic (exact) mass is 516 g/mol. The number of hydrogen-bond acceptors (Lipinski definition) is 6. The molecule has 10 heteroatoms. The van der Waals surface area contributed by atoms with Gasteiger partial charge in [-0.15, -0.1) is 24.0 Å². The third-order valence-corrected chi connectivity index (χ3v) is 4.38. The van der Waals surface area contributed by atoms with Crippen LogP contribution in [-0.4, -0.2) is 67.8 Å². The van der Waals surface area contributed by atoms with E-state index in [2.05, 4.69) is 30.8 Å². The summed E-state index contributed by atoms with van der Waals surface area (Å²) in [6, 6.07) is 7.64. The van der Waals surface area contributed by atoms with Crippen LogP contribution in [0.25, 0.3) is 11.4 Å². The highest BCUT2D eigenvalue weighted by Crippen LogP contribution is 2.18. The summed E-state index contributed by atoms with van der Waals surface area (Å²) >= 11 is 0. The molecule has 160 valence electrons. The van der Waals surface area contributed by atoms with E-state index in [1.807, 2.05) is 24.3 Å². The van der Waals surface area contributed by atoms with Crippen LogP contribution >= 0.6 is 24.0 Å². The molecule has 1 aliphatic rings. The number of aromatic amines is 1. The Morgan fingerprint density at radius 2 is 2.14 bits per heavy atom. The van der Waals surface area contributed by atoms with Crippen molar-refractivity contribution in [3.05, 3.63) is 30.1 Å². The number of nitrogens with zero attached hydrogens (tertiary/aromatic N) is 3. The summed E-state index contributed by atoms with van der Waals surface area (Å²) in [4.78, 5) is 8.73. The Kier molecular flexibility index (Phi) is 10.2. The van der Waals surface area contributed by atoms with Gasteiger partial charge < -0.3 is 24.8 Å². The van der Waals surface area contributed by atoms with Crippen LogP contribution in [0.4, 0.5) is 0 Å². The second-order valence-corrected chi connectivity index (χ2v) is 6.40. The van der Waals surface area contributed by atoms with Crippen molar-refractivity contribution in [3.63, 3.8) is 0 Å². The van der Waals surface area contributed by atoms with E-state index < -0.39 is 0 Å². The Morgan fingerprint density at radius 3 is 2.83 bits per heavy atom. The van der Waals surface area contributed by atoms with Crippen molar-refractivity contribution in [2.75, 3.05) is 40.5 Å². The van der Waals surface area contributed by atoms with E-state index in [0.29, 0.717) is 31.5 Å². The molecular formula is C19H29IN6O3. The number of H-pyrrole nitrogens is 1. The minimum Gasteiger partial charge on any atom is -0.497 e. The molecule has 0 bridgehead atoms. The Hall–Kier alpha value is -1.92. The first kappa shape index (κ1) is 23.4. The van der Waals surface area contributed by atoms with Gasteiger partial charge in [-0.2, -0.15) is 5.10 Å². The number of guanidine groups is 1. The lowest BCUT2D eigenvalue weighted by molar-refractivity contribution is 0.0420. The van der Waals surface area contributed by atoms with Gasteiger partial charge in [-0.1, -0.05) is 0 Å². The lowest BCUT2D eigenvalue weighted by atomic mass is 10.2. The number of methoxy groups -OCH3 is 1. The first-order valence-electron chi connectivity index (χ1n) is 9.48. The van der Waals surface area contributed by atoms with E-state index >= 15 is 0 Å². The van der Waals surface area contributed by atoms with Crippen molar-refractivity contribution in [2.24, 2.45) is 4.99 Å². The third-order valence-electron chi connectivity index (χ3n) is 4.38. The van der Waals surface area contributed by atoms with E-state index in [-0.39, 0.29) is 30.1 Å². The lowest BCUT2D eigenvalue weighted by Gasteiger charge is -2.12. The van der Waals surface area contributed by atoms with E-state index in [9.17, 15) is 0 Å². The van der Waals surface area contributed by atoms with Gasteiger partial charge in [0.15, 0.2) is 11.8 Å². The van der Waals surface area contributed by atoms with Crippen LogP contribution < -0.4 is 15.4 Å². The zero-order valence-electron chi connectivity index (χ0n) is 16.8. The predicted molar refractivity (Wildman–Crippen MR) is 122 cm³/mol. The number of nitrogens with one attached hydrogen (secondary N) is 3. The summed E-state index contributed by atoms with van der Waals surface area (Å²) in [5.41, 5.74) is 0.929. The highest BCUT2D eigenvalue weighted by atomic mass is 127. The van der Waals surface area contributed by atoms with Gasteiger partial charge in [-0.25, -0.2) is 4.98 Å². The van der Waals surface area contributed by atoms with Gasteiger partial charge in [0, 0.05) is 32.4 Å². The van der Waals surface area contributed by atoms with Gasteiger partial charge >= 0.3 is 0 Å². The van der Waals surface area contributed by atoms with Crippen molar-refractivity contribution in [2.45, 2.75) is 25.5 Å². The van der Waals surface area contributed by atoms with E-state index in [1.165, 1.54) is 0 Å². The molecule has 1 atom stereocenters. The Morgan fingerprint density at radius 1 is 1.31 bits per heavy atom. The molecule has 0 spiro atoms. The number of rotatable bonds is 9. The van der Waals surface area contributed by atoms with E-state index in [0.717, 1.165) is 43.1 Å². The molecule has 0 aliphatic carbocycles. The first-order valence-corrected chi connectivity index (χ1v) is 9.48. The summed E-state index contributed by atoms with van der Waals surface area (Å²) in [6.45, 7) is 3.51. The SMILES string of the molecule is CN=C(NCCCOC1CCOC1)NCc1nc(-c2ccc(OC)cc2)n[nH]1.I. The minimum atomic E-state index is 0. The number of ether oxygens (including phenoxy) is 3. The number of aliphatic imine (C=N–C) groups is 1. The topological polar surface area (TPSA) is 106 Å². The molecule has 9 nitrogen and oxygen atoms in total. The highest BCUT2D eigenvalue weighted by Gasteiger charge is 2.15. The molecule has 2 aromatic rings. The average Bonchev–Trinajstić information content (AvgIpc) is 3.42. The van der Waals surface area contributed by atoms with Crippen molar-refractivity contribution in [3.8, 4) is 17.1 Å². The summed E-state index contributed by atoms with van der Waals surface area (Å²) < 4.78 is 16.2. The molecule has 1 aliphatic heterocycles. The van der Waals surface area contributed by atoms with Gasteiger partial charge in [-0.05, 0) is 37.1 Å². The standard InChI is InChI=1S/C19H28N6O3.HI/c1-20-19(21-9-3-10-28-16-8-11-27-13-16)22-12-17-23-18(25-24-17)14-4-6-15(26-2)7-5-14;/h4-7,16H,3,8-13H2,1-2H3,(H2,20,21,22)(H,23,24,25);1H. The zero-order valence-corrected chi connectivity index (χ0v) is 19.1. The van der Waals surface area contributed by atoms with Crippen LogP contribution in [0.1, 0.15) is 18.7 Å². The molecule has 2 heterocycles. The molecule has 29 heavy (non-hydrogen) atoms. The number of benzene rings is 1. The Balaban J connectivity index is 0.00000300. The molecule has 1 fully saturated rings. The van der Waals surface area contributed by atoms with Crippen LogP contribution in [0.15, 0.2) is 29.3 Å². The van der Waals surface area contributed by atoms with E-state index in [4.69, 9.17) is 14.2 Å². The second-order valence-electron chi connectivity index (χ2n) is 6.40. The molecule has 0 radical (unpaired) electrons. The quantitative estimate of drug-likeness (QED) is 0.203. The zero-order chi connectivity index (χ0) is 19.6. The number of hydrogen-bond donors (Lipinski definition) is 3. The Bertz CT molecular complexity index is 747. The highest BCUT2D eigenvalue weighted by molar-refractivity contribution is 14.0.